The summed E-state index contributed by atoms with van der Waals surface area (Å²) in [4.78, 5) is 6.42. The van der Waals surface area contributed by atoms with E-state index in [1.165, 1.54) is 11.1 Å². The summed E-state index contributed by atoms with van der Waals surface area (Å²) in [6.07, 6.45) is 7.04. The number of benzene rings is 6. The molecule has 0 bridgehead atoms. The molecule has 6 aromatic carbocycles. The minimum Gasteiger partial charge on any atom is -0.504 e. The highest BCUT2D eigenvalue weighted by atomic mass is 35.5. The Labute approximate surface area is 375 Å². The van der Waals surface area contributed by atoms with Crippen LogP contribution in [0.5, 0.6) is 23.0 Å². The van der Waals surface area contributed by atoms with Gasteiger partial charge >= 0.3 is 0 Å². The van der Waals surface area contributed by atoms with Gasteiger partial charge in [-0.2, -0.15) is 0 Å². The van der Waals surface area contributed by atoms with E-state index < -0.39 is 0 Å². The van der Waals surface area contributed by atoms with Gasteiger partial charge in [-0.1, -0.05) is 139 Å². The molecule has 6 nitrogen and oxygen atoms in total. The number of phenols is 4. The summed E-state index contributed by atoms with van der Waals surface area (Å²) in [5, 5.41) is 41.1. The van der Waals surface area contributed by atoms with Crippen LogP contribution in [0, 0.1) is 13.8 Å². The van der Waals surface area contributed by atoms with Crippen LogP contribution in [-0.2, 0) is 25.7 Å². The van der Waals surface area contributed by atoms with E-state index in [2.05, 4.69) is 77.4 Å². The number of phenolic OH excluding ortho intramolecular Hbond substituents is 4. The minimum atomic E-state index is -0.0959. The van der Waals surface area contributed by atoms with Crippen LogP contribution in [0.25, 0.3) is 0 Å². The third kappa shape index (κ3) is 10.6. The van der Waals surface area contributed by atoms with Crippen molar-refractivity contribution in [3.63, 3.8) is 0 Å². The second-order valence-corrected chi connectivity index (χ2v) is 17.5. The molecule has 0 amide bonds. The Bertz CT molecular complexity index is 2480. The Kier molecular flexibility index (Phi) is 14.3. The minimum absolute atomic E-state index is 0.0478. The van der Waals surface area contributed by atoms with Crippen molar-refractivity contribution in [2.24, 2.45) is 0 Å². The highest BCUT2D eigenvalue weighted by molar-refractivity contribution is 7.80. The number of aromatic hydroxyl groups is 4. The molecule has 314 valence electrons. The molecule has 0 aliphatic carbocycles. The highest BCUT2D eigenvalue weighted by Gasteiger charge is 2.32. The van der Waals surface area contributed by atoms with Crippen molar-refractivity contribution in [3.8, 4) is 23.0 Å². The summed E-state index contributed by atoms with van der Waals surface area (Å²) in [6.45, 7) is 5.73. The van der Waals surface area contributed by atoms with Crippen molar-refractivity contribution in [1.29, 1.82) is 0 Å². The van der Waals surface area contributed by atoms with Gasteiger partial charge in [-0.25, -0.2) is 0 Å². The van der Waals surface area contributed by atoms with Gasteiger partial charge in [-0.15, -0.1) is 0 Å². The van der Waals surface area contributed by atoms with Gasteiger partial charge in [0.1, 0.15) is 0 Å². The first-order valence-electron chi connectivity index (χ1n) is 21.1. The predicted molar refractivity (Wildman–Crippen MR) is 255 cm³/mol. The smallest absolute Gasteiger partial charge is 0.157 e. The molecular weight excluding hydrogens is 816 g/mol. The van der Waals surface area contributed by atoms with E-state index in [0.717, 1.165) is 124 Å². The third-order valence-electron chi connectivity index (χ3n) is 11.8. The number of hydrogen-bond donors (Lipinski definition) is 4. The molecule has 8 rings (SSSR count). The zero-order valence-electron chi connectivity index (χ0n) is 34.7. The molecule has 0 radical (unpaired) electrons. The maximum atomic E-state index is 10.2. The van der Waals surface area contributed by atoms with Crippen molar-refractivity contribution in [2.75, 3.05) is 13.1 Å². The largest absolute Gasteiger partial charge is 0.504 e. The molecule has 2 aliphatic rings. The highest BCUT2D eigenvalue weighted by Crippen LogP contribution is 2.42. The van der Waals surface area contributed by atoms with Gasteiger partial charge in [-0.05, 0) is 146 Å². The SMILES string of the molecule is Cc1ccc(CCCC(=S)N2CCc3cc(O)c(O)cc3C2c2ccccc2)c(Cl)c1.Cc1ccc(CCCC(=S)N2CCc3cc(O)c(O)cc3C2c2ccccc2)cc1. The first-order chi connectivity index (χ1) is 29.5. The molecule has 2 atom stereocenters. The Hall–Kier alpha value is -5.41. The molecule has 0 saturated heterocycles. The van der Waals surface area contributed by atoms with Crippen LogP contribution >= 0.6 is 36.0 Å². The molecule has 2 unspecified atom stereocenters. The molecule has 6 aromatic rings. The fraction of sp³-hybridized carbons (Fsp3) is 0.269. The standard InChI is InChI=1S/C26H26ClNO2S.C26H27NO2S/c1-17-10-11-18(22(27)14-17)8-5-9-25(31)28-13-12-20-15-23(29)24(30)16-21(20)26(28)19-6-3-2-4-7-19;1-18-10-12-19(13-11-18)6-5-9-25(30)27-15-14-21-16-23(28)24(29)17-22(21)26(27)20-7-3-2-4-8-20/h2-4,6-7,10-11,14-16,26,29-30H,5,8-9,12-13H2,1H3;2-4,7-8,10-13,16-17,26,28-29H,5-6,9,14-15H2,1H3. The van der Waals surface area contributed by atoms with Gasteiger partial charge in [0.2, 0.25) is 0 Å². The van der Waals surface area contributed by atoms with Gasteiger partial charge in [0, 0.05) is 18.1 Å². The van der Waals surface area contributed by atoms with E-state index in [9.17, 15) is 20.4 Å². The van der Waals surface area contributed by atoms with Gasteiger partial charge in [0.15, 0.2) is 23.0 Å². The van der Waals surface area contributed by atoms with Crippen LogP contribution < -0.4 is 0 Å². The molecule has 4 N–H and O–H groups in total. The molecule has 0 aromatic heterocycles. The lowest BCUT2D eigenvalue weighted by molar-refractivity contribution is 0.332. The van der Waals surface area contributed by atoms with Gasteiger partial charge in [0.05, 0.1) is 22.1 Å². The Morgan fingerprint density at radius 2 is 1.00 bits per heavy atom. The normalized spacial score (nSPS) is 15.6. The Morgan fingerprint density at radius 1 is 0.557 bits per heavy atom. The van der Waals surface area contributed by atoms with Crippen molar-refractivity contribution in [3.05, 3.63) is 188 Å². The van der Waals surface area contributed by atoms with Gasteiger partial charge in [-0.3, -0.25) is 0 Å². The molecule has 61 heavy (non-hydrogen) atoms. The van der Waals surface area contributed by atoms with E-state index >= 15 is 0 Å². The fourth-order valence-electron chi connectivity index (χ4n) is 8.59. The van der Waals surface area contributed by atoms with Crippen LogP contribution in [0.1, 0.15) is 93.4 Å². The lowest BCUT2D eigenvalue weighted by Crippen LogP contribution is -2.39. The number of aryl methyl sites for hydroxylation is 4. The molecule has 9 heteroatoms. The molecule has 0 spiro atoms. The third-order valence-corrected chi connectivity index (χ3v) is 13.1. The zero-order chi connectivity index (χ0) is 43.0. The van der Waals surface area contributed by atoms with Crippen LogP contribution in [0.2, 0.25) is 5.02 Å². The lowest BCUT2D eigenvalue weighted by atomic mass is 9.87. The second kappa shape index (κ2) is 20.0. The summed E-state index contributed by atoms with van der Waals surface area (Å²) >= 11 is 18.2. The Balaban J connectivity index is 0.000000184. The number of nitrogens with zero attached hydrogens (tertiary/aromatic N) is 2. The van der Waals surface area contributed by atoms with E-state index in [1.54, 1.807) is 24.3 Å². The molecule has 0 saturated carbocycles. The zero-order valence-corrected chi connectivity index (χ0v) is 37.1. The lowest BCUT2D eigenvalue weighted by Gasteiger charge is -2.39. The maximum Gasteiger partial charge on any atom is 0.157 e. The van der Waals surface area contributed by atoms with Gasteiger partial charge < -0.3 is 30.2 Å². The molecule has 2 aliphatic heterocycles. The number of fused-ring (bicyclic) bond motifs is 2. The van der Waals surface area contributed by atoms with Crippen LogP contribution in [0.3, 0.4) is 0 Å². The van der Waals surface area contributed by atoms with Crippen LogP contribution in [0.15, 0.2) is 127 Å². The number of hydrogen-bond acceptors (Lipinski definition) is 6. The summed E-state index contributed by atoms with van der Waals surface area (Å²) in [6, 6.07) is 42.0. The van der Waals surface area contributed by atoms with Crippen LogP contribution in [-0.4, -0.2) is 53.3 Å². The summed E-state index contributed by atoms with van der Waals surface area (Å²) in [5.74, 6) is -0.311. The number of rotatable bonds is 10. The second-order valence-electron chi connectivity index (χ2n) is 16.2. The molecular formula is C52H53ClN2O4S2. The first kappa shape index (κ1) is 43.7. The average Bonchev–Trinajstić information content (AvgIpc) is 3.26. The predicted octanol–water partition coefficient (Wildman–Crippen LogP) is 12.1. The van der Waals surface area contributed by atoms with Crippen molar-refractivity contribution < 1.29 is 20.4 Å². The van der Waals surface area contributed by atoms with E-state index in [-0.39, 0.29) is 35.1 Å². The van der Waals surface area contributed by atoms with E-state index in [4.69, 9.17) is 36.0 Å². The molecule has 0 fully saturated rings. The topological polar surface area (TPSA) is 87.4 Å². The number of thiocarbonyl (C=S) groups is 2. The van der Waals surface area contributed by atoms with E-state index in [0.29, 0.717) is 0 Å². The summed E-state index contributed by atoms with van der Waals surface area (Å²) in [5.41, 5.74) is 11.3. The van der Waals surface area contributed by atoms with E-state index in [1.807, 2.05) is 49.4 Å². The first-order valence-corrected chi connectivity index (χ1v) is 22.2. The van der Waals surface area contributed by atoms with Crippen molar-refractivity contribution in [2.45, 2.75) is 77.3 Å². The quantitative estimate of drug-likeness (QED) is 0.0800. The fourth-order valence-corrected chi connectivity index (χ4v) is 9.60. The van der Waals surface area contributed by atoms with Crippen molar-refractivity contribution >= 4 is 46.0 Å². The number of halogens is 1. The van der Waals surface area contributed by atoms with Crippen molar-refractivity contribution in [1.82, 2.24) is 9.80 Å². The van der Waals surface area contributed by atoms with Gasteiger partial charge in [0.25, 0.3) is 0 Å². The Morgan fingerprint density at radius 3 is 1.48 bits per heavy atom. The average molecular weight is 870 g/mol. The van der Waals surface area contributed by atoms with Crippen LogP contribution in [0.4, 0.5) is 0 Å². The molecule has 2 heterocycles. The summed E-state index contributed by atoms with van der Waals surface area (Å²) < 4.78 is 0. The maximum absolute atomic E-state index is 10.2. The monoisotopic (exact) mass is 868 g/mol. The summed E-state index contributed by atoms with van der Waals surface area (Å²) in [7, 11) is 0.